The summed E-state index contributed by atoms with van der Waals surface area (Å²) in [4.78, 5) is 15.9. The fraction of sp³-hybridized carbons (Fsp3) is 0.125. The molecule has 2 heterocycles. The molecule has 4 heteroatoms. The van der Waals surface area contributed by atoms with E-state index in [1.54, 1.807) is 6.07 Å². The molecular formula is C16H14N2O2. The van der Waals surface area contributed by atoms with E-state index < -0.39 is 5.97 Å². The second kappa shape index (κ2) is 5.17. The summed E-state index contributed by atoms with van der Waals surface area (Å²) >= 11 is 0. The first-order valence-corrected chi connectivity index (χ1v) is 6.36. The van der Waals surface area contributed by atoms with Gasteiger partial charge in [0.2, 0.25) is 0 Å². The Kier molecular flexibility index (Phi) is 3.21. The predicted octanol–water partition coefficient (Wildman–Crippen LogP) is 2.87. The third-order valence-electron chi connectivity index (χ3n) is 3.20. The lowest BCUT2D eigenvalue weighted by Gasteiger charge is -2.06. The minimum absolute atomic E-state index is 0.327. The van der Waals surface area contributed by atoms with Gasteiger partial charge in [-0.15, -0.1) is 0 Å². The van der Waals surface area contributed by atoms with Crippen molar-refractivity contribution >= 4 is 17.0 Å². The SMILES string of the molecule is COC(=O)c1ccc2ccn(Cc3ccccc3)c2n1. The van der Waals surface area contributed by atoms with Crippen LogP contribution >= 0.6 is 0 Å². The Morgan fingerprint density at radius 2 is 1.95 bits per heavy atom. The molecule has 0 saturated carbocycles. The van der Waals surface area contributed by atoms with E-state index in [1.165, 1.54) is 12.7 Å². The van der Waals surface area contributed by atoms with Crippen LogP contribution in [-0.4, -0.2) is 22.6 Å². The Morgan fingerprint density at radius 1 is 1.15 bits per heavy atom. The molecule has 20 heavy (non-hydrogen) atoms. The molecule has 100 valence electrons. The van der Waals surface area contributed by atoms with Crippen molar-refractivity contribution in [2.24, 2.45) is 0 Å². The number of benzene rings is 1. The zero-order chi connectivity index (χ0) is 13.9. The van der Waals surface area contributed by atoms with Gasteiger partial charge < -0.3 is 9.30 Å². The third-order valence-corrected chi connectivity index (χ3v) is 3.20. The van der Waals surface area contributed by atoms with Crippen molar-refractivity contribution in [2.45, 2.75) is 6.54 Å². The summed E-state index contributed by atoms with van der Waals surface area (Å²) in [5, 5.41) is 1.01. The highest BCUT2D eigenvalue weighted by molar-refractivity contribution is 5.90. The molecule has 0 N–H and O–H groups in total. The van der Waals surface area contributed by atoms with Crippen LogP contribution in [0.15, 0.2) is 54.7 Å². The Balaban J connectivity index is 2.01. The Labute approximate surface area is 116 Å². The molecule has 3 rings (SSSR count). The van der Waals surface area contributed by atoms with Gasteiger partial charge in [-0.25, -0.2) is 9.78 Å². The number of carbonyl (C=O) groups is 1. The van der Waals surface area contributed by atoms with E-state index in [0.29, 0.717) is 5.69 Å². The number of carbonyl (C=O) groups excluding carboxylic acids is 1. The molecule has 0 amide bonds. The van der Waals surface area contributed by atoms with Gasteiger partial charge >= 0.3 is 5.97 Å². The summed E-state index contributed by atoms with van der Waals surface area (Å²) in [6.07, 6.45) is 1.98. The molecule has 0 aliphatic rings. The number of hydrogen-bond donors (Lipinski definition) is 0. The fourth-order valence-electron chi connectivity index (χ4n) is 2.19. The van der Waals surface area contributed by atoms with E-state index in [4.69, 9.17) is 4.74 Å². The van der Waals surface area contributed by atoms with E-state index in [2.05, 4.69) is 17.1 Å². The minimum atomic E-state index is -0.417. The first-order valence-electron chi connectivity index (χ1n) is 6.36. The zero-order valence-electron chi connectivity index (χ0n) is 11.1. The fourth-order valence-corrected chi connectivity index (χ4v) is 2.19. The van der Waals surface area contributed by atoms with Crippen molar-refractivity contribution < 1.29 is 9.53 Å². The number of hydrogen-bond acceptors (Lipinski definition) is 3. The normalized spacial score (nSPS) is 10.7. The largest absolute Gasteiger partial charge is 0.464 e. The van der Waals surface area contributed by atoms with Crippen molar-refractivity contribution in [3.8, 4) is 0 Å². The molecule has 0 fully saturated rings. The standard InChI is InChI=1S/C16H14N2O2/c1-20-16(19)14-8-7-13-9-10-18(15(13)17-14)11-12-5-3-2-4-6-12/h2-10H,11H2,1H3. The van der Waals surface area contributed by atoms with Crippen LogP contribution in [0.3, 0.4) is 0 Å². The van der Waals surface area contributed by atoms with Crippen molar-refractivity contribution in [1.82, 2.24) is 9.55 Å². The molecule has 0 saturated heterocycles. The highest BCUT2D eigenvalue weighted by Gasteiger charge is 2.10. The van der Waals surface area contributed by atoms with Gasteiger partial charge in [0.05, 0.1) is 7.11 Å². The van der Waals surface area contributed by atoms with Gasteiger partial charge in [-0.2, -0.15) is 0 Å². The number of aromatic nitrogens is 2. The van der Waals surface area contributed by atoms with E-state index in [0.717, 1.165) is 17.6 Å². The van der Waals surface area contributed by atoms with E-state index >= 15 is 0 Å². The van der Waals surface area contributed by atoms with Gasteiger partial charge in [0.1, 0.15) is 5.65 Å². The second-order valence-corrected chi connectivity index (χ2v) is 4.53. The second-order valence-electron chi connectivity index (χ2n) is 4.53. The first-order chi connectivity index (χ1) is 9.78. The van der Waals surface area contributed by atoms with Crippen LogP contribution in [0.2, 0.25) is 0 Å². The van der Waals surface area contributed by atoms with E-state index in [-0.39, 0.29) is 0 Å². The van der Waals surface area contributed by atoms with Gasteiger partial charge in [-0.3, -0.25) is 0 Å². The molecule has 0 spiro atoms. The van der Waals surface area contributed by atoms with Crippen molar-refractivity contribution in [3.63, 3.8) is 0 Å². The summed E-state index contributed by atoms with van der Waals surface area (Å²) < 4.78 is 6.73. The number of rotatable bonds is 3. The number of fused-ring (bicyclic) bond motifs is 1. The Bertz CT molecular complexity index is 748. The lowest BCUT2D eigenvalue weighted by atomic mass is 10.2. The molecule has 4 nitrogen and oxygen atoms in total. The van der Waals surface area contributed by atoms with Gasteiger partial charge in [-0.05, 0) is 23.8 Å². The summed E-state index contributed by atoms with van der Waals surface area (Å²) in [5.41, 5.74) is 2.31. The maximum absolute atomic E-state index is 11.6. The summed E-state index contributed by atoms with van der Waals surface area (Å²) in [6.45, 7) is 0.724. The Morgan fingerprint density at radius 3 is 2.70 bits per heavy atom. The third kappa shape index (κ3) is 2.28. The van der Waals surface area contributed by atoms with E-state index in [1.807, 2.05) is 41.1 Å². The van der Waals surface area contributed by atoms with Crippen molar-refractivity contribution in [1.29, 1.82) is 0 Å². The lowest BCUT2D eigenvalue weighted by molar-refractivity contribution is 0.0594. The number of pyridine rings is 1. The zero-order valence-corrected chi connectivity index (χ0v) is 11.1. The molecule has 3 aromatic rings. The topological polar surface area (TPSA) is 44.1 Å². The van der Waals surface area contributed by atoms with Crippen LogP contribution in [0.1, 0.15) is 16.1 Å². The van der Waals surface area contributed by atoms with Crippen LogP contribution in [0.4, 0.5) is 0 Å². The molecular weight excluding hydrogens is 252 g/mol. The van der Waals surface area contributed by atoms with E-state index in [9.17, 15) is 4.79 Å². The molecule has 0 bridgehead atoms. The van der Waals surface area contributed by atoms with Gasteiger partial charge in [-0.1, -0.05) is 30.3 Å². The van der Waals surface area contributed by atoms with Crippen molar-refractivity contribution in [2.75, 3.05) is 7.11 Å². The molecule has 1 aromatic carbocycles. The van der Waals surface area contributed by atoms with Crippen LogP contribution in [0.25, 0.3) is 11.0 Å². The van der Waals surface area contributed by atoms with Gasteiger partial charge in [0.15, 0.2) is 5.69 Å². The summed E-state index contributed by atoms with van der Waals surface area (Å²) in [7, 11) is 1.36. The minimum Gasteiger partial charge on any atom is -0.464 e. The molecule has 0 aliphatic carbocycles. The average molecular weight is 266 g/mol. The molecule has 0 aliphatic heterocycles. The van der Waals surface area contributed by atoms with Crippen LogP contribution in [0, 0.1) is 0 Å². The first kappa shape index (κ1) is 12.4. The maximum atomic E-state index is 11.6. The highest BCUT2D eigenvalue weighted by Crippen LogP contribution is 2.16. The maximum Gasteiger partial charge on any atom is 0.356 e. The molecule has 0 radical (unpaired) electrons. The number of ether oxygens (including phenoxy) is 1. The number of nitrogens with zero attached hydrogens (tertiary/aromatic N) is 2. The molecule has 0 unspecified atom stereocenters. The molecule has 2 aromatic heterocycles. The lowest BCUT2D eigenvalue weighted by Crippen LogP contribution is -2.06. The highest BCUT2D eigenvalue weighted by atomic mass is 16.5. The van der Waals surface area contributed by atoms with Crippen LogP contribution in [-0.2, 0) is 11.3 Å². The van der Waals surface area contributed by atoms with Crippen molar-refractivity contribution in [3.05, 3.63) is 66.0 Å². The smallest absolute Gasteiger partial charge is 0.356 e. The van der Waals surface area contributed by atoms with Crippen LogP contribution in [0.5, 0.6) is 0 Å². The van der Waals surface area contributed by atoms with Crippen LogP contribution < -0.4 is 0 Å². The van der Waals surface area contributed by atoms with Gasteiger partial charge in [0, 0.05) is 18.1 Å². The summed E-state index contributed by atoms with van der Waals surface area (Å²) in [5.74, 6) is -0.417. The van der Waals surface area contributed by atoms with Gasteiger partial charge in [0.25, 0.3) is 0 Å². The average Bonchev–Trinajstić information content (AvgIpc) is 2.90. The Hall–Kier alpha value is -2.62. The monoisotopic (exact) mass is 266 g/mol. The molecule has 0 atom stereocenters. The number of methoxy groups -OCH3 is 1. The predicted molar refractivity (Wildman–Crippen MR) is 76.6 cm³/mol. The quantitative estimate of drug-likeness (QED) is 0.685. The number of esters is 1. The summed E-state index contributed by atoms with van der Waals surface area (Å²) in [6, 6.07) is 15.7.